The van der Waals surface area contributed by atoms with Crippen LogP contribution in [0.4, 0.5) is 26.3 Å². The SMILES string of the molecule is FC(F)(F)c1c[c-]c2c(c1)C1(c3ccccc3-c3ccccc31)c1cccnc1-2.FC(F)(F)c1c[c-]c2c(c1)C1(c3ccccc3-c3ccccc31)c1cccnc1-2.[Pt+2]. The molecule has 0 atom stereocenters. The fraction of sp³-hybridized carbons (Fsp3) is 0.0800. The molecule has 0 saturated carbocycles. The van der Waals surface area contributed by atoms with Crippen molar-refractivity contribution in [1.82, 2.24) is 9.97 Å². The van der Waals surface area contributed by atoms with E-state index in [1.807, 2.05) is 121 Å². The summed E-state index contributed by atoms with van der Waals surface area (Å²) in [4.78, 5) is 9.09. The van der Waals surface area contributed by atoms with Crippen molar-refractivity contribution < 1.29 is 47.4 Å². The zero-order chi connectivity index (χ0) is 39.6. The van der Waals surface area contributed by atoms with Gasteiger partial charge in [0, 0.05) is 23.2 Å². The van der Waals surface area contributed by atoms with Gasteiger partial charge in [0.1, 0.15) is 0 Å². The molecule has 59 heavy (non-hydrogen) atoms. The Morgan fingerprint density at radius 2 is 0.695 bits per heavy atom. The Morgan fingerprint density at radius 1 is 0.390 bits per heavy atom. The van der Waals surface area contributed by atoms with Crippen LogP contribution in [0, 0.1) is 12.1 Å². The Hall–Kier alpha value is -6.11. The summed E-state index contributed by atoms with van der Waals surface area (Å²) in [5.74, 6) is 0. The molecule has 6 aromatic carbocycles. The average molecular weight is 964 g/mol. The third kappa shape index (κ3) is 4.93. The fourth-order valence-corrected chi connectivity index (χ4v) is 10.0. The van der Waals surface area contributed by atoms with E-state index < -0.39 is 34.3 Å². The van der Waals surface area contributed by atoms with Gasteiger partial charge in [-0.05, 0) is 79.2 Å². The summed E-state index contributed by atoms with van der Waals surface area (Å²) in [7, 11) is 0. The number of rotatable bonds is 0. The second-order valence-electron chi connectivity index (χ2n) is 14.8. The van der Waals surface area contributed by atoms with Gasteiger partial charge in [0.2, 0.25) is 0 Å². The van der Waals surface area contributed by atoms with Crippen LogP contribution in [0.2, 0.25) is 0 Å². The summed E-state index contributed by atoms with van der Waals surface area (Å²) in [6.07, 6.45) is -5.51. The first-order chi connectivity index (χ1) is 28.1. The van der Waals surface area contributed by atoms with Gasteiger partial charge >= 0.3 is 33.4 Å². The molecule has 0 unspecified atom stereocenters. The molecule has 2 spiro atoms. The molecule has 12 rings (SSSR count). The van der Waals surface area contributed by atoms with E-state index >= 15 is 0 Å². The number of pyridine rings is 2. The predicted molar refractivity (Wildman–Crippen MR) is 209 cm³/mol. The molecule has 0 bridgehead atoms. The van der Waals surface area contributed by atoms with Gasteiger partial charge in [-0.1, -0.05) is 120 Å². The van der Waals surface area contributed by atoms with Crippen LogP contribution in [0.3, 0.4) is 0 Å². The average Bonchev–Trinajstić information content (AvgIpc) is 3.92. The van der Waals surface area contributed by atoms with E-state index in [1.54, 1.807) is 12.4 Å². The van der Waals surface area contributed by atoms with Crippen LogP contribution >= 0.6 is 0 Å². The maximum atomic E-state index is 13.6. The smallest absolute Gasteiger partial charge is 0.304 e. The maximum Gasteiger partial charge on any atom is 2.00 e. The summed E-state index contributed by atoms with van der Waals surface area (Å²) >= 11 is 0. The van der Waals surface area contributed by atoms with Crippen molar-refractivity contribution in [3.05, 3.63) is 226 Å². The van der Waals surface area contributed by atoms with Gasteiger partial charge in [-0.25, -0.2) is 0 Å². The Balaban J connectivity index is 0.000000140. The van der Waals surface area contributed by atoms with Crippen molar-refractivity contribution in [1.29, 1.82) is 0 Å². The molecule has 0 radical (unpaired) electrons. The zero-order valence-electron chi connectivity index (χ0n) is 30.5. The number of hydrogen-bond donors (Lipinski definition) is 0. The third-order valence-electron chi connectivity index (χ3n) is 12.1. The molecular weight excluding hydrogens is 938 g/mol. The topological polar surface area (TPSA) is 25.8 Å². The van der Waals surface area contributed by atoms with Gasteiger partial charge in [-0.15, -0.1) is 58.7 Å². The van der Waals surface area contributed by atoms with E-state index in [0.717, 1.165) is 67.8 Å². The van der Waals surface area contributed by atoms with Crippen LogP contribution in [-0.4, -0.2) is 9.97 Å². The summed E-state index contributed by atoms with van der Waals surface area (Å²) < 4.78 is 81.7. The molecular formula is C50H26F6N2Pt. The summed E-state index contributed by atoms with van der Waals surface area (Å²) in [6.45, 7) is 0. The standard InChI is InChI=1S/2C25H13F3N.Pt/c2*26-25(27,28)15-11-12-18-22(14-15)24(21-10-5-13-29-23(18)21)19-8-3-1-6-16(19)17-7-2-4-9-20(17)24;/h2*1-11,13-14H;/q2*-1;+2. The molecule has 2 nitrogen and oxygen atoms in total. The van der Waals surface area contributed by atoms with Crippen molar-refractivity contribution in [3.8, 4) is 44.8 Å². The molecule has 4 aliphatic carbocycles. The Labute approximate surface area is 349 Å². The van der Waals surface area contributed by atoms with E-state index in [2.05, 4.69) is 22.1 Å². The van der Waals surface area contributed by atoms with Crippen LogP contribution < -0.4 is 0 Å². The van der Waals surface area contributed by atoms with Crippen molar-refractivity contribution in [3.63, 3.8) is 0 Å². The van der Waals surface area contributed by atoms with Crippen molar-refractivity contribution in [2.24, 2.45) is 0 Å². The number of fused-ring (bicyclic) bond motifs is 20. The van der Waals surface area contributed by atoms with Gasteiger partial charge in [-0.3, -0.25) is 0 Å². The van der Waals surface area contributed by atoms with Crippen molar-refractivity contribution in [2.45, 2.75) is 23.2 Å². The number of nitrogens with zero attached hydrogens (tertiary/aromatic N) is 2. The van der Waals surface area contributed by atoms with Gasteiger partial charge in [0.05, 0.1) is 0 Å². The second kappa shape index (κ2) is 12.9. The number of halogens is 6. The molecule has 0 aliphatic heterocycles. The van der Waals surface area contributed by atoms with E-state index in [9.17, 15) is 26.3 Å². The first kappa shape index (κ1) is 37.2. The van der Waals surface area contributed by atoms with Gasteiger partial charge in [0.15, 0.2) is 0 Å². The molecule has 4 aliphatic rings. The first-order valence-electron chi connectivity index (χ1n) is 18.6. The molecule has 0 saturated heterocycles. The van der Waals surface area contributed by atoms with Gasteiger partial charge in [-0.2, -0.15) is 26.3 Å². The molecule has 8 aromatic rings. The minimum absolute atomic E-state index is 0. The Morgan fingerprint density at radius 3 is 1.02 bits per heavy atom. The van der Waals surface area contributed by atoms with Gasteiger partial charge < -0.3 is 9.97 Å². The zero-order valence-corrected chi connectivity index (χ0v) is 32.8. The molecule has 0 amide bonds. The quantitative estimate of drug-likeness (QED) is 0.112. The number of hydrogen-bond acceptors (Lipinski definition) is 2. The van der Waals surface area contributed by atoms with Gasteiger partial charge in [0.25, 0.3) is 0 Å². The normalized spacial score (nSPS) is 14.7. The van der Waals surface area contributed by atoms with Crippen LogP contribution in [0.5, 0.6) is 0 Å². The molecule has 2 aromatic heterocycles. The minimum Gasteiger partial charge on any atom is -0.304 e. The maximum absolute atomic E-state index is 13.6. The van der Waals surface area contributed by atoms with E-state index in [-0.39, 0.29) is 21.1 Å². The van der Waals surface area contributed by atoms with Crippen LogP contribution in [0.1, 0.15) is 55.6 Å². The van der Waals surface area contributed by atoms with Crippen molar-refractivity contribution in [2.75, 3.05) is 0 Å². The monoisotopic (exact) mass is 963 g/mol. The first-order valence-corrected chi connectivity index (χ1v) is 18.6. The number of aromatic nitrogens is 2. The fourth-order valence-electron chi connectivity index (χ4n) is 10.0. The molecule has 9 heteroatoms. The number of benzene rings is 6. The minimum atomic E-state index is -4.44. The summed E-state index contributed by atoms with van der Waals surface area (Å²) in [6, 6.07) is 49.9. The van der Waals surface area contributed by atoms with E-state index in [1.165, 1.54) is 12.1 Å². The molecule has 0 fully saturated rings. The van der Waals surface area contributed by atoms with Crippen LogP contribution in [0.15, 0.2) is 158 Å². The van der Waals surface area contributed by atoms with E-state index in [4.69, 9.17) is 0 Å². The number of alkyl halides is 6. The summed E-state index contributed by atoms with van der Waals surface area (Å²) in [5.41, 5.74) is 10.8. The van der Waals surface area contributed by atoms with Crippen LogP contribution in [0.25, 0.3) is 44.8 Å². The molecule has 2 heterocycles. The summed E-state index contributed by atoms with van der Waals surface area (Å²) in [5, 5.41) is 0. The largest absolute Gasteiger partial charge is 2.00 e. The molecule has 288 valence electrons. The van der Waals surface area contributed by atoms with Crippen LogP contribution in [-0.2, 0) is 44.2 Å². The Kier molecular flexibility index (Phi) is 8.16. The Bertz CT molecular complexity index is 2690. The third-order valence-corrected chi connectivity index (χ3v) is 12.1. The predicted octanol–water partition coefficient (Wildman–Crippen LogP) is 12.5. The van der Waals surface area contributed by atoms with E-state index in [0.29, 0.717) is 33.6 Å². The van der Waals surface area contributed by atoms with Crippen molar-refractivity contribution >= 4 is 0 Å². The molecule has 0 N–H and O–H groups in total. The second-order valence-corrected chi connectivity index (χ2v) is 14.8.